The lowest BCUT2D eigenvalue weighted by molar-refractivity contribution is -0.113. The van der Waals surface area contributed by atoms with Crippen molar-refractivity contribution in [3.05, 3.63) is 44.8 Å². The molecule has 0 saturated carbocycles. The second kappa shape index (κ2) is 8.10. The van der Waals surface area contributed by atoms with E-state index in [9.17, 15) is 4.79 Å². The van der Waals surface area contributed by atoms with Crippen molar-refractivity contribution in [3.8, 4) is 0 Å². The van der Waals surface area contributed by atoms with Crippen LogP contribution in [-0.2, 0) is 4.79 Å². The molecule has 0 unspecified atom stereocenters. The van der Waals surface area contributed by atoms with E-state index in [0.717, 1.165) is 22.6 Å². The molecule has 1 amide bonds. The van der Waals surface area contributed by atoms with Crippen LogP contribution in [-0.4, -0.2) is 21.6 Å². The van der Waals surface area contributed by atoms with E-state index in [2.05, 4.69) is 57.8 Å². The quantitative estimate of drug-likeness (QED) is 0.420. The number of halogens is 1. The molecule has 1 aromatic heterocycles. The molecule has 1 N–H and O–H groups in total. The highest BCUT2D eigenvalue weighted by atomic mass is 127. The van der Waals surface area contributed by atoms with E-state index in [0.29, 0.717) is 16.8 Å². The number of carbonyl (C=O) groups excluding carboxylic acids is 1. The Bertz CT molecular complexity index is 699. The minimum Gasteiger partial charge on any atom is -0.325 e. The number of anilines is 1. The Morgan fingerprint density at radius 2 is 1.87 bits per heavy atom. The van der Waals surface area contributed by atoms with Gasteiger partial charge in [0.05, 0.1) is 5.75 Å². The fourth-order valence-corrected chi connectivity index (χ4v) is 3.46. The van der Waals surface area contributed by atoms with Crippen molar-refractivity contribution in [2.75, 3.05) is 11.1 Å². The van der Waals surface area contributed by atoms with Crippen molar-refractivity contribution >= 4 is 45.9 Å². The Labute approximate surface area is 155 Å². The predicted octanol–water partition coefficient (Wildman–Crippen LogP) is 4.55. The largest absolute Gasteiger partial charge is 0.325 e. The average molecular weight is 441 g/mol. The van der Waals surface area contributed by atoms with E-state index in [1.165, 1.54) is 15.3 Å². The highest BCUT2D eigenvalue weighted by Crippen LogP contribution is 2.26. The van der Waals surface area contributed by atoms with E-state index in [1.54, 1.807) is 0 Å². The maximum Gasteiger partial charge on any atom is 0.234 e. The molecular formula is C17H20IN3OS. The molecule has 0 aliphatic heterocycles. The molecule has 0 saturated heterocycles. The van der Waals surface area contributed by atoms with Crippen molar-refractivity contribution in [1.29, 1.82) is 0 Å². The van der Waals surface area contributed by atoms with Crippen LogP contribution >= 0.6 is 34.4 Å². The third kappa shape index (κ3) is 5.46. The molecule has 6 heteroatoms. The Balaban J connectivity index is 2.02. The number of nitrogens with one attached hydrogen (secondary N) is 1. The molecule has 0 spiro atoms. The minimum absolute atomic E-state index is 0.0409. The number of hydrogen-bond donors (Lipinski definition) is 1. The van der Waals surface area contributed by atoms with Crippen molar-refractivity contribution in [3.63, 3.8) is 0 Å². The summed E-state index contributed by atoms with van der Waals surface area (Å²) in [4.78, 5) is 20.9. The molecule has 23 heavy (non-hydrogen) atoms. The summed E-state index contributed by atoms with van der Waals surface area (Å²) in [7, 11) is 0. The minimum atomic E-state index is -0.0409. The molecule has 2 rings (SSSR count). The molecular weight excluding hydrogens is 421 g/mol. The smallest absolute Gasteiger partial charge is 0.234 e. The van der Waals surface area contributed by atoms with Gasteiger partial charge >= 0.3 is 0 Å². The molecule has 4 nitrogen and oxygen atoms in total. The van der Waals surface area contributed by atoms with Crippen LogP contribution in [0.25, 0.3) is 0 Å². The lowest BCUT2D eigenvalue weighted by atomic mass is 10.0. The van der Waals surface area contributed by atoms with E-state index < -0.39 is 0 Å². The van der Waals surface area contributed by atoms with Gasteiger partial charge in [-0.2, -0.15) is 0 Å². The lowest BCUT2D eigenvalue weighted by Crippen LogP contribution is -2.16. The second-order valence-corrected chi connectivity index (χ2v) is 7.84. The van der Waals surface area contributed by atoms with Crippen molar-refractivity contribution in [2.45, 2.75) is 38.8 Å². The Morgan fingerprint density at radius 1 is 1.22 bits per heavy atom. The molecule has 122 valence electrons. The molecule has 0 fully saturated rings. The van der Waals surface area contributed by atoms with E-state index >= 15 is 0 Å². The van der Waals surface area contributed by atoms with Crippen molar-refractivity contribution in [1.82, 2.24) is 9.97 Å². The van der Waals surface area contributed by atoms with Crippen LogP contribution in [0, 0.1) is 17.4 Å². The van der Waals surface area contributed by atoms with Crippen LogP contribution in [0.1, 0.15) is 36.7 Å². The summed E-state index contributed by atoms with van der Waals surface area (Å²) in [6.45, 7) is 8.11. The zero-order chi connectivity index (χ0) is 17.0. The molecule has 0 aliphatic rings. The second-order valence-electron chi connectivity index (χ2n) is 5.66. The number of aromatic nitrogens is 2. The zero-order valence-corrected chi connectivity index (χ0v) is 16.7. The number of benzene rings is 1. The summed E-state index contributed by atoms with van der Waals surface area (Å²) in [5, 5.41) is 3.64. The number of nitrogens with zero attached hydrogens (tertiary/aromatic N) is 2. The van der Waals surface area contributed by atoms with Gasteiger partial charge < -0.3 is 5.32 Å². The highest BCUT2D eigenvalue weighted by Gasteiger charge is 2.11. The third-order valence-electron chi connectivity index (χ3n) is 3.20. The molecule has 0 radical (unpaired) electrons. The Hall–Kier alpha value is -1.15. The number of hydrogen-bond acceptors (Lipinski definition) is 4. The van der Waals surface area contributed by atoms with Gasteiger partial charge in [0, 0.05) is 20.6 Å². The van der Waals surface area contributed by atoms with Gasteiger partial charge in [0.15, 0.2) is 5.16 Å². The summed E-state index contributed by atoms with van der Waals surface area (Å²) < 4.78 is 1.17. The van der Waals surface area contributed by atoms with Crippen molar-refractivity contribution < 1.29 is 4.79 Å². The molecule has 2 aromatic rings. The van der Waals surface area contributed by atoms with Crippen LogP contribution in [0.2, 0.25) is 0 Å². The monoisotopic (exact) mass is 441 g/mol. The first kappa shape index (κ1) is 18.2. The first-order chi connectivity index (χ1) is 10.8. The van der Waals surface area contributed by atoms with Crippen LogP contribution < -0.4 is 5.32 Å². The Morgan fingerprint density at radius 3 is 2.48 bits per heavy atom. The van der Waals surface area contributed by atoms with Crippen LogP contribution in [0.5, 0.6) is 0 Å². The van der Waals surface area contributed by atoms with Gasteiger partial charge in [0.1, 0.15) is 0 Å². The number of amides is 1. The maximum absolute atomic E-state index is 12.2. The zero-order valence-electron chi connectivity index (χ0n) is 13.7. The van der Waals surface area contributed by atoms with Crippen LogP contribution in [0.15, 0.2) is 29.4 Å². The number of thioether (sulfide) groups is 1. The van der Waals surface area contributed by atoms with Gasteiger partial charge in [-0.15, -0.1) is 0 Å². The first-order valence-electron chi connectivity index (χ1n) is 7.39. The third-order valence-corrected chi connectivity index (χ3v) is 4.72. The fourth-order valence-electron chi connectivity index (χ4n) is 2.20. The highest BCUT2D eigenvalue weighted by molar-refractivity contribution is 14.1. The standard InChI is InChI=1S/C17H20IN3OS/c1-10(2)14-8-13(18)5-6-15(14)21-16(22)9-23-17-19-11(3)7-12(4)20-17/h5-8,10H,9H2,1-4H3,(H,21,22). The normalized spacial score (nSPS) is 10.9. The van der Waals surface area contributed by atoms with Gasteiger partial charge in [0.25, 0.3) is 0 Å². The SMILES string of the molecule is Cc1cc(C)nc(SCC(=O)Nc2ccc(I)cc2C(C)C)n1. The Kier molecular flexibility index (Phi) is 6.41. The molecule has 0 bridgehead atoms. The van der Waals surface area contributed by atoms with Crippen LogP contribution in [0.4, 0.5) is 5.69 Å². The molecule has 1 heterocycles. The summed E-state index contributed by atoms with van der Waals surface area (Å²) in [6.07, 6.45) is 0. The summed E-state index contributed by atoms with van der Waals surface area (Å²) in [5.74, 6) is 0.614. The number of aryl methyl sites for hydroxylation is 2. The van der Waals surface area contributed by atoms with Crippen molar-refractivity contribution in [2.24, 2.45) is 0 Å². The topological polar surface area (TPSA) is 54.9 Å². The predicted molar refractivity (Wildman–Crippen MR) is 104 cm³/mol. The van der Waals surface area contributed by atoms with E-state index in [1.807, 2.05) is 32.0 Å². The summed E-state index contributed by atoms with van der Waals surface area (Å²) in [5.41, 5.74) is 3.87. The molecule has 1 aromatic carbocycles. The average Bonchev–Trinajstić information content (AvgIpc) is 2.46. The lowest BCUT2D eigenvalue weighted by Gasteiger charge is -2.14. The summed E-state index contributed by atoms with van der Waals surface area (Å²) in [6, 6.07) is 8.00. The van der Waals surface area contributed by atoms with Gasteiger partial charge in [-0.3, -0.25) is 4.79 Å². The van der Waals surface area contributed by atoms with Crippen LogP contribution in [0.3, 0.4) is 0 Å². The van der Waals surface area contributed by atoms with E-state index in [4.69, 9.17) is 0 Å². The summed E-state index contributed by atoms with van der Waals surface area (Å²) >= 11 is 3.64. The number of carbonyl (C=O) groups is 1. The molecule has 0 atom stereocenters. The van der Waals surface area contributed by atoms with Gasteiger partial charge in [-0.05, 0) is 72.2 Å². The van der Waals surface area contributed by atoms with Gasteiger partial charge in [-0.25, -0.2) is 9.97 Å². The first-order valence-corrected chi connectivity index (χ1v) is 9.46. The number of rotatable bonds is 5. The molecule has 0 aliphatic carbocycles. The van der Waals surface area contributed by atoms with Gasteiger partial charge in [-0.1, -0.05) is 25.6 Å². The van der Waals surface area contributed by atoms with E-state index in [-0.39, 0.29) is 5.91 Å². The fraction of sp³-hybridized carbons (Fsp3) is 0.353. The maximum atomic E-state index is 12.2. The van der Waals surface area contributed by atoms with Gasteiger partial charge in [0.2, 0.25) is 5.91 Å².